The van der Waals surface area contributed by atoms with E-state index in [4.69, 9.17) is 4.98 Å². The predicted molar refractivity (Wildman–Crippen MR) is 83.6 cm³/mol. The highest BCUT2D eigenvalue weighted by Crippen LogP contribution is 2.37. The number of hydrogen-bond donors (Lipinski definition) is 1. The Labute approximate surface area is 125 Å². The summed E-state index contributed by atoms with van der Waals surface area (Å²) in [4.78, 5) is 10.7. The van der Waals surface area contributed by atoms with Crippen LogP contribution in [0, 0.1) is 0 Å². The zero-order chi connectivity index (χ0) is 14.1. The second-order valence-electron chi connectivity index (χ2n) is 6.02. The number of fused-ring (bicyclic) bond motifs is 1. The van der Waals surface area contributed by atoms with Gasteiger partial charge in [-0.25, -0.2) is 4.98 Å². The van der Waals surface area contributed by atoms with Gasteiger partial charge in [0.15, 0.2) is 5.13 Å². The predicted octanol–water partition coefficient (Wildman–Crippen LogP) is 2.43. The highest BCUT2D eigenvalue weighted by molar-refractivity contribution is 7.15. The maximum Gasteiger partial charge on any atom is 0.185 e. The van der Waals surface area contributed by atoms with Crippen molar-refractivity contribution in [1.82, 2.24) is 9.88 Å². The number of aromatic nitrogens is 1. The smallest absolute Gasteiger partial charge is 0.185 e. The van der Waals surface area contributed by atoms with Crippen LogP contribution >= 0.6 is 11.3 Å². The average Bonchev–Trinajstić information content (AvgIpc) is 3.05. The summed E-state index contributed by atoms with van der Waals surface area (Å²) < 4.78 is 0. The Kier molecular flexibility index (Phi) is 4.29. The van der Waals surface area contributed by atoms with Crippen LogP contribution in [-0.2, 0) is 6.42 Å². The van der Waals surface area contributed by atoms with Crippen LogP contribution in [-0.4, -0.2) is 47.7 Å². The second kappa shape index (κ2) is 6.00. The first-order valence-electron chi connectivity index (χ1n) is 7.82. The molecule has 20 heavy (non-hydrogen) atoms. The Morgan fingerprint density at radius 2 is 2.25 bits per heavy atom. The van der Waals surface area contributed by atoms with Crippen LogP contribution in [0.1, 0.15) is 49.3 Å². The molecule has 5 heteroatoms. The van der Waals surface area contributed by atoms with Crippen LogP contribution in [0.25, 0.3) is 0 Å². The third-order valence-electron chi connectivity index (χ3n) is 4.63. The summed E-state index contributed by atoms with van der Waals surface area (Å²) >= 11 is 1.69. The summed E-state index contributed by atoms with van der Waals surface area (Å²) in [6.45, 7) is 5.68. The molecular weight excluding hydrogens is 270 g/mol. The number of nitrogens with zero attached hydrogens (tertiary/aromatic N) is 3. The van der Waals surface area contributed by atoms with Crippen molar-refractivity contribution in [3.8, 4) is 0 Å². The highest BCUT2D eigenvalue weighted by atomic mass is 32.1. The van der Waals surface area contributed by atoms with E-state index in [1.54, 1.807) is 11.3 Å². The lowest BCUT2D eigenvalue weighted by molar-refractivity contribution is 0.160. The SMILES string of the molecule is CCN1CCCC1CN(C)c1nc2c(s1)C(O)CCC2. The van der Waals surface area contributed by atoms with Gasteiger partial charge in [-0.3, -0.25) is 4.90 Å². The Bertz CT molecular complexity index is 462. The molecule has 1 N–H and O–H groups in total. The number of aliphatic hydroxyl groups excluding tert-OH is 1. The molecule has 0 spiro atoms. The zero-order valence-electron chi connectivity index (χ0n) is 12.5. The molecule has 1 saturated heterocycles. The molecule has 1 aromatic rings. The van der Waals surface area contributed by atoms with Crippen LogP contribution < -0.4 is 4.90 Å². The van der Waals surface area contributed by atoms with Gasteiger partial charge in [-0.2, -0.15) is 0 Å². The van der Waals surface area contributed by atoms with Gasteiger partial charge in [0, 0.05) is 19.6 Å². The van der Waals surface area contributed by atoms with Crippen LogP contribution in [0.5, 0.6) is 0 Å². The molecular formula is C15H25N3OS. The molecule has 2 unspecified atom stereocenters. The monoisotopic (exact) mass is 295 g/mol. The number of aliphatic hydroxyl groups is 1. The third-order valence-corrected chi connectivity index (χ3v) is 5.94. The third kappa shape index (κ3) is 2.71. The van der Waals surface area contributed by atoms with Crippen molar-refractivity contribution in [1.29, 1.82) is 0 Å². The van der Waals surface area contributed by atoms with Crippen molar-refractivity contribution in [2.75, 3.05) is 31.6 Å². The van der Waals surface area contributed by atoms with Gasteiger partial charge in [0.05, 0.1) is 16.7 Å². The molecule has 0 amide bonds. The number of aryl methyl sites for hydroxylation is 1. The van der Waals surface area contributed by atoms with Gasteiger partial charge < -0.3 is 10.0 Å². The lowest BCUT2D eigenvalue weighted by Gasteiger charge is -2.27. The summed E-state index contributed by atoms with van der Waals surface area (Å²) in [7, 11) is 2.14. The highest BCUT2D eigenvalue weighted by Gasteiger charge is 2.27. The quantitative estimate of drug-likeness (QED) is 0.926. The van der Waals surface area contributed by atoms with E-state index in [2.05, 4.69) is 23.8 Å². The molecule has 0 saturated carbocycles. The van der Waals surface area contributed by atoms with E-state index in [-0.39, 0.29) is 6.10 Å². The van der Waals surface area contributed by atoms with Gasteiger partial charge in [-0.05, 0) is 45.2 Å². The normalized spacial score (nSPS) is 26.8. The molecule has 2 aliphatic rings. The standard InChI is InChI=1S/C15H25N3OS/c1-3-18-9-5-6-11(18)10-17(2)15-16-12-7-4-8-13(19)14(12)20-15/h11,13,19H,3-10H2,1-2H3. The summed E-state index contributed by atoms with van der Waals surface area (Å²) in [5.74, 6) is 0. The maximum absolute atomic E-state index is 10.1. The van der Waals surface area contributed by atoms with E-state index in [9.17, 15) is 5.11 Å². The molecule has 1 aromatic heterocycles. The summed E-state index contributed by atoms with van der Waals surface area (Å²) in [6.07, 6.45) is 5.32. The van der Waals surface area contributed by atoms with Crippen molar-refractivity contribution in [3.63, 3.8) is 0 Å². The van der Waals surface area contributed by atoms with Gasteiger partial charge >= 0.3 is 0 Å². The number of anilines is 1. The van der Waals surface area contributed by atoms with Gasteiger partial charge in [0.25, 0.3) is 0 Å². The minimum atomic E-state index is -0.281. The van der Waals surface area contributed by atoms with E-state index in [0.717, 1.165) is 48.1 Å². The molecule has 3 rings (SSSR count). The van der Waals surface area contributed by atoms with Crippen molar-refractivity contribution in [2.45, 2.75) is 51.2 Å². The topological polar surface area (TPSA) is 39.6 Å². The van der Waals surface area contributed by atoms with Crippen LogP contribution in [0.15, 0.2) is 0 Å². The summed E-state index contributed by atoms with van der Waals surface area (Å²) in [5, 5.41) is 11.1. The van der Waals surface area contributed by atoms with Crippen LogP contribution in [0.3, 0.4) is 0 Å². The first-order valence-corrected chi connectivity index (χ1v) is 8.63. The molecule has 0 radical (unpaired) electrons. The summed E-state index contributed by atoms with van der Waals surface area (Å²) in [5.41, 5.74) is 1.13. The van der Waals surface area contributed by atoms with Crippen molar-refractivity contribution < 1.29 is 5.11 Å². The Morgan fingerprint density at radius 3 is 3.00 bits per heavy atom. The number of thiazole rings is 1. The maximum atomic E-state index is 10.1. The molecule has 2 heterocycles. The minimum Gasteiger partial charge on any atom is -0.388 e. The number of hydrogen-bond acceptors (Lipinski definition) is 5. The van der Waals surface area contributed by atoms with Crippen molar-refractivity contribution in [2.24, 2.45) is 0 Å². The fourth-order valence-electron chi connectivity index (χ4n) is 3.46. The molecule has 1 aliphatic heterocycles. The van der Waals surface area contributed by atoms with E-state index < -0.39 is 0 Å². The Hall–Kier alpha value is -0.650. The van der Waals surface area contributed by atoms with Crippen LogP contribution in [0.4, 0.5) is 5.13 Å². The Morgan fingerprint density at radius 1 is 1.40 bits per heavy atom. The first-order chi connectivity index (χ1) is 9.69. The number of likely N-dealkylation sites (tertiary alicyclic amines) is 1. The van der Waals surface area contributed by atoms with Gasteiger partial charge in [-0.1, -0.05) is 18.3 Å². The lowest BCUT2D eigenvalue weighted by Crippen LogP contribution is -2.38. The molecule has 1 aliphatic carbocycles. The number of likely N-dealkylation sites (N-methyl/N-ethyl adjacent to an activating group) is 2. The molecule has 0 aromatic carbocycles. The molecule has 112 valence electrons. The summed E-state index contributed by atoms with van der Waals surface area (Å²) in [6, 6.07) is 0.663. The fourth-order valence-corrected chi connectivity index (χ4v) is 4.56. The fraction of sp³-hybridized carbons (Fsp3) is 0.800. The van der Waals surface area contributed by atoms with Gasteiger partial charge in [0.2, 0.25) is 0 Å². The van der Waals surface area contributed by atoms with Crippen LogP contribution in [0.2, 0.25) is 0 Å². The van der Waals surface area contributed by atoms with E-state index >= 15 is 0 Å². The van der Waals surface area contributed by atoms with Gasteiger partial charge in [-0.15, -0.1) is 0 Å². The van der Waals surface area contributed by atoms with E-state index in [0.29, 0.717) is 6.04 Å². The van der Waals surface area contributed by atoms with E-state index in [1.165, 1.54) is 19.4 Å². The minimum absolute atomic E-state index is 0.281. The van der Waals surface area contributed by atoms with E-state index in [1.807, 2.05) is 0 Å². The molecule has 1 fully saturated rings. The molecule has 2 atom stereocenters. The van der Waals surface area contributed by atoms with Crippen molar-refractivity contribution in [3.05, 3.63) is 10.6 Å². The largest absolute Gasteiger partial charge is 0.388 e. The molecule has 4 nitrogen and oxygen atoms in total. The molecule has 0 bridgehead atoms. The average molecular weight is 295 g/mol. The van der Waals surface area contributed by atoms with Gasteiger partial charge in [0.1, 0.15) is 0 Å². The lowest BCUT2D eigenvalue weighted by atomic mass is 10.0. The zero-order valence-corrected chi connectivity index (χ0v) is 13.3. The van der Waals surface area contributed by atoms with Crippen molar-refractivity contribution >= 4 is 16.5 Å². The Balaban J connectivity index is 1.69. The first kappa shape index (κ1) is 14.3. The number of rotatable bonds is 4. The second-order valence-corrected chi connectivity index (χ2v) is 7.03.